The topological polar surface area (TPSA) is 24.1 Å². The molecule has 0 saturated heterocycles. The fourth-order valence-corrected chi connectivity index (χ4v) is 2.03. The summed E-state index contributed by atoms with van der Waals surface area (Å²) in [5, 5.41) is 6.00. The summed E-state index contributed by atoms with van der Waals surface area (Å²) in [6, 6.07) is 12.8. The second kappa shape index (κ2) is 6.79. The first kappa shape index (κ1) is 16.3. The van der Waals surface area contributed by atoms with E-state index in [1.165, 1.54) is 12.1 Å². The van der Waals surface area contributed by atoms with Crippen molar-refractivity contribution in [2.24, 2.45) is 0 Å². The number of hydrogen-bond acceptors (Lipinski definition) is 1. The van der Waals surface area contributed by atoms with Crippen LogP contribution >= 0.6 is 12.2 Å². The maximum absolute atomic E-state index is 12.6. The van der Waals surface area contributed by atoms with E-state index < -0.39 is 11.7 Å². The van der Waals surface area contributed by atoms with Crippen molar-refractivity contribution in [1.82, 2.24) is 5.32 Å². The van der Waals surface area contributed by atoms with Crippen molar-refractivity contribution in [3.63, 3.8) is 0 Å². The third-order valence-corrected chi connectivity index (χ3v) is 3.27. The van der Waals surface area contributed by atoms with Crippen molar-refractivity contribution in [1.29, 1.82) is 0 Å². The SMILES string of the molecule is Cc1ccc(CNC(=S)Nc2cccc(C(F)(F)F)c2)cc1. The molecule has 0 aliphatic carbocycles. The van der Waals surface area contributed by atoms with Gasteiger partial charge in [-0.15, -0.1) is 0 Å². The molecule has 2 aromatic rings. The standard InChI is InChI=1S/C16H15F3N2S/c1-11-5-7-12(8-6-11)10-20-15(22)21-14-4-2-3-13(9-14)16(17,18)19/h2-9H,10H2,1H3,(H2,20,21,22). The molecule has 0 bridgehead atoms. The first-order valence-electron chi connectivity index (χ1n) is 6.62. The fraction of sp³-hybridized carbons (Fsp3) is 0.188. The van der Waals surface area contributed by atoms with Gasteiger partial charge in [0, 0.05) is 12.2 Å². The molecule has 0 saturated carbocycles. The van der Waals surface area contributed by atoms with Crippen LogP contribution in [0, 0.1) is 6.92 Å². The molecular formula is C16H15F3N2S. The highest BCUT2D eigenvalue weighted by Gasteiger charge is 2.30. The molecular weight excluding hydrogens is 309 g/mol. The van der Waals surface area contributed by atoms with Gasteiger partial charge in [0.1, 0.15) is 0 Å². The lowest BCUT2D eigenvalue weighted by molar-refractivity contribution is -0.137. The highest BCUT2D eigenvalue weighted by Crippen LogP contribution is 2.30. The van der Waals surface area contributed by atoms with Crippen LogP contribution < -0.4 is 10.6 Å². The van der Waals surface area contributed by atoms with E-state index in [9.17, 15) is 13.2 Å². The Morgan fingerprint density at radius 1 is 1.09 bits per heavy atom. The summed E-state index contributed by atoms with van der Waals surface area (Å²) in [6.45, 7) is 2.50. The van der Waals surface area contributed by atoms with Crippen molar-refractivity contribution in [3.05, 3.63) is 65.2 Å². The summed E-state index contributed by atoms with van der Waals surface area (Å²) < 4.78 is 37.9. The molecule has 22 heavy (non-hydrogen) atoms. The molecule has 0 heterocycles. The van der Waals surface area contributed by atoms with Gasteiger partial charge in [0.05, 0.1) is 5.56 Å². The Bertz CT molecular complexity index is 651. The third-order valence-electron chi connectivity index (χ3n) is 3.02. The quantitative estimate of drug-likeness (QED) is 0.813. The van der Waals surface area contributed by atoms with Gasteiger partial charge in [0.25, 0.3) is 0 Å². The van der Waals surface area contributed by atoms with Crippen LogP contribution in [0.25, 0.3) is 0 Å². The van der Waals surface area contributed by atoms with Gasteiger partial charge in [-0.1, -0.05) is 35.9 Å². The van der Waals surface area contributed by atoms with Crippen LogP contribution in [0.5, 0.6) is 0 Å². The minimum Gasteiger partial charge on any atom is -0.358 e. The number of benzene rings is 2. The molecule has 0 atom stereocenters. The average molecular weight is 324 g/mol. The van der Waals surface area contributed by atoms with Gasteiger partial charge >= 0.3 is 6.18 Å². The minimum absolute atomic E-state index is 0.278. The van der Waals surface area contributed by atoms with Crippen LogP contribution in [0.4, 0.5) is 18.9 Å². The Hall–Kier alpha value is -2.08. The molecule has 0 aliphatic heterocycles. The Morgan fingerprint density at radius 3 is 2.41 bits per heavy atom. The van der Waals surface area contributed by atoms with E-state index in [-0.39, 0.29) is 5.11 Å². The van der Waals surface area contributed by atoms with Gasteiger partial charge in [0.2, 0.25) is 0 Å². The molecule has 6 heteroatoms. The molecule has 0 radical (unpaired) electrons. The minimum atomic E-state index is -4.37. The lowest BCUT2D eigenvalue weighted by atomic mass is 10.1. The maximum atomic E-state index is 12.6. The van der Waals surface area contributed by atoms with Crippen molar-refractivity contribution < 1.29 is 13.2 Å². The normalized spacial score (nSPS) is 11.1. The van der Waals surface area contributed by atoms with Crippen molar-refractivity contribution in [3.8, 4) is 0 Å². The van der Waals surface area contributed by atoms with Crippen LogP contribution in [-0.4, -0.2) is 5.11 Å². The molecule has 0 amide bonds. The summed E-state index contributed by atoms with van der Waals surface area (Å²) in [6.07, 6.45) is -4.37. The second-order valence-corrected chi connectivity index (χ2v) is 5.28. The van der Waals surface area contributed by atoms with E-state index in [4.69, 9.17) is 12.2 Å². The number of aryl methyl sites for hydroxylation is 1. The number of alkyl halides is 3. The van der Waals surface area contributed by atoms with Gasteiger partial charge in [-0.05, 0) is 42.9 Å². The number of thiocarbonyl (C=S) groups is 1. The largest absolute Gasteiger partial charge is 0.416 e. The predicted octanol–water partition coefficient (Wildman–Crippen LogP) is 4.50. The lowest BCUT2D eigenvalue weighted by Gasteiger charge is -2.13. The van der Waals surface area contributed by atoms with Crippen LogP contribution in [0.3, 0.4) is 0 Å². The van der Waals surface area contributed by atoms with E-state index in [1.807, 2.05) is 31.2 Å². The number of rotatable bonds is 3. The van der Waals surface area contributed by atoms with E-state index in [2.05, 4.69) is 10.6 Å². The molecule has 0 aliphatic rings. The third kappa shape index (κ3) is 4.73. The number of halogens is 3. The Labute approximate surface area is 132 Å². The van der Waals surface area contributed by atoms with E-state index in [0.29, 0.717) is 12.2 Å². The molecule has 0 fully saturated rings. The first-order valence-corrected chi connectivity index (χ1v) is 7.03. The Kier molecular flexibility index (Phi) is 5.03. The Morgan fingerprint density at radius 2 is 1.77 bits per heavy atom. The highest BCUT2D eigenvalue weighted by atomic mass is 32.1. The van der Waals surface area contributed by atoms with Crippen LogP contribution in [-0.2, 0) is 12.7 Å². The molecule has 116 valence electrons. The highest BCUT2D eigenvalue weighted by molar-refractivity contribution is 7.80. The van der Waals surface area contributed by atoms with Crippen molar-refractivity contribution >= 4 is 23.0 Å². The molecule has 0 aromatic heterocycles. The molecule has 2 rings (SSSR count). The predicted molar refractivity (Wildman–Crippen MR) is 85.7 cm³/mol. The zero-order chi connectivity index (χ0) is 16.2. The molecule has 2 nitrogen and oxygen atoms in total. The summed E-state index contributed by atoms with van der Waals surface area (Å²) >= 11 is 5.09. The van der Waals surface area contributed by atoms with Gasteiger partial charge in [0.15, 0.2) is 5.11 Å². The van der Waals surface area contributed by atoms with Crippen LogP contribution in [0.1, 0.15) is 16.7 Å². The van der Waals surface area contributed by atoms with E-state index in [1.54, 1.807) is 0 Å². The smallest absolute Gasteiger partial charge is 0.358 e. The number of nitrogens with one attached hydrogen (secondary N) is 2. The van der Waals surface area contributed by atoms with E-state index >= 15 is 0 Å². The average Bonchev–Trinajstić information content (AvgIpc) is 2.46. The van der Waals surface area contributed by atoms with Crippen LogP contribution in [0.15, 0.2) is 48.5 Å². The number of anilines is 1. The van der Waals surface area contributed by atoms with Gasteiger partial charge < -0.3 is 10.6 Å². The lowest BCUT2D eigenvalue weighted by Crippen LogP contribution is -2.28. The summed E-state index contributed by atoms with van der Waals surface area (Å²) in [5.74, 6) is 0. The number of hydrogen-bond donors (Lipinski definition) is 2. The zero-order valence-electron chi connectivity index (χ0n) is 11.9. The summed E-state index contributed by atoms with van der Waals surface area (Å²) in [7, 11) is 0. The second-order valence-electron chi connectivity index (χ2n) is 4.87. The Balaban J connectivity index is 1.93. The molecule has 0 unspecified atom stereocenters. The first-order chi connectivity index (χ1) is 10.3. The fourth-order valence-electron chi connectivity index (χ4n) is 1.84. The van der Waals surface area contributed by atoms with Gasteiger partial charge in [-0.2, -0.15) is 13.2 Å². The monoisotopic (exact) mass is 324 g/mol. The maximum Gasteiger partial charge on any atom is 0.416 e. The van der Waals surface area contributed by atoms with Gasteiger partial charge in [-0.3, -0.25) is 0 Å². The van der Waals surface area contributed by atoms with Crippen molar-refractivity contribution in [2.45, 2.75) is 19.6 Å². The van der Waals surface area contributed by atoms with Crippen LogP contribution in [0.2, 0.25) is 0 Å². The molecule has 2 aromatic carbocycles. The molecule has 2 N–H and O–H groups in total. The van der Waals surface area contributed by atoms with Gasteiger partial charge in [-0.25, -0.2) is 0 Å². The summed E-state index contributed by atoms with van der Waals surface area (Å²) in [5.41, 5.74) is 1.79. The van der Waals surface area contributed by atoms with E-state index in [0.717, 1.165) is 23.3 Å². The molecule has 0 spiro atoms. The zero-order valence-corrected chi connectivity index (χ0v) is 12.7. The van der Waals surface area contributed by atoms with Crippen molar-refractivity contribution in [2.75, 3.05) is 5.32 Å². The summed E-state index contributed by atoms with van der Waals surface area (Å²) in [4.78, 5) is 0.